The molecule has 0 aromatic heterocycles. The van der Waals surface area contributed by atoms with Crippen LogP contribution in [0.2, 0.25) is 0 Å². The highest BCUT2D eigenvalue weighted by Crippen LogP contribution is 2.21. The van der Waals surface area contributed by atoms with Crippen LogP contribution >= 0.6 is 0 Å². The number of benzene rings is 3. The van der Waals surface area contributed by atoms with Crippen LogP contribution in [0.4, 0.5) is 0 Å². The summed E-state index contributed by atoms with van der Waals surface area (Å²) in [6.07, 6.45) is 0.309. The number of rotatable bonds is 5. The Bertz CT molecular complexity index is 1080. The zero-order chi connectivity index (χ0) is 20.9. The van der Waals surface area contributed by atoms with E-state index in [1.807, 2.05) is 72.8 Å². The Kier molecular flexibility index (Phi) is 5.75. The van der Waals surface area contributed by atoms with Gasteiger partial charge in [-0.15, -0.1) is 0 Å². The lowest BCUT2D eigenvalue weighted by atomic mass is 10.0. The molecule has 0 aliphatic carbocycles. The van der Waals surface area contributed by atoms with Crippen molar-refractivity contribution >= 4 is 28.5 Å². The molecule has 4 rings (SSSR count). The maximum atomic E-state index is 12.5. The molecule has 6 nitrogen and oxygen atoms in total. The summed E-state index contributed by atoms with van der Waals surface area (Å²) >= 11 is 0. The van der Waals surface area contributed by atoms with Gasteiger partial charge in [0.25, 0.3) is 0 Å². The number of carbonyl (C=O) groups excluding carboxylic acids is 3. The van der Waals surface area contributed by atoms with E-state index in [0.29, 0.717) is 13.1 Å². The monoisotopic (exact) mass is 401 g/mol. The van der Waals surface area contributed by atoms with E-state index in [1.165, 1.54) is 0 Å². The molecule has 0 radical (unpaired) electrons. The van der Waals surface area contributed by atoms with Gasteiger partial charge in [0, 0.05) is 19.5 Å². The SMILES string of the molecule is O=C(Cc1cccc2ccccc12)NNC(=O)C1CC(=O)N(Cc2ccccc2)C1. The molecule has 0 spiro atoms. The number of nitrogens with zero attached hydrogens (tertiary/aromatic N) is 1. The fraction of sp³-hybridized carbons (Fsp3) is 0.208. The van der Waals surface area contributed by atoms with Crippen molar-refractivity contribution in [3.05, 3.63) is 83.9 Å². The zero-order valence-corrected chi connectivity index (χ0v) is 16.5. The average Bonchev–Trinajstić information content (AvgIpc) is 3.13. The van der Waals surface area contributed by atoms with Crippen molar-refractivity contribution in [1.29, 1.82) is 0 Å². The van der Waals surface area contributed by atoms with Gasteiger partial charge in [0.15, 0.2) is 0 Å². The third-order valence-electron chi connectivity index (χ3n) is 5.36. The van der Waals surface area contributed by atoms with Crippen molar-refractivity contribution in [2.24, 2.45) is 5.92 Å². The summed E-state index contributed by atoms with van der Waals surface area (Å²) in [7, 11) is 0. The van der Waals surface area contributed by atoms with Gasteiger partial charge in [-0.3, -0.25) is 25.2 Å². The summed E-state index contributed by atoms with van der Waals surface area (Å²) in [5, 5.41) is 2.08. The molecule has 3 amide bonds. The second kappa shape index (κ2) is 8.78. The number of hydrogen-bond acceptors (Lipinski definition) is 3. The fourth-order valence-electron chi connectivity index (χ4n) is 3.80. The Morgan fingerprint density at radius 2 is 1.63 bits per heavy atom. The first-order chi connectivity index (χ1) is 14.6. The van der Waals surface area contributed by atoms with E-state index in [-0.39, 0.29) is 30.6 Å². The minimum absolute atomic E-state index is 0.0546. The Morgan fingerprint density at radius 3 is 2.47 bits per heavy atom. The van der Waals surface area contributed by atoms with E-state index < -0.39 is 5.92 Å². The molecule has 3 aromatic carbocycles. The molecular formula is C24H23N3O3. The molecule has 152 valence electrons. The lowest BCUT2D eigenvalue weighted by Gasteiger charge is -2.17. The summed E-state index contributed by atoms with van der Waals surface area (Å²) in [6, 6.07) is 23.3. The van der Waals surface area contributed by atoms with Gasteiger partial charge in [-0.05, 0) is 21.9 Å². The predicted molar refractivity (Wildman–Crippen MR) is 114 cm³/mol. The van der Waals surface area contributed by atoms with Crippen LogP contribution in [0.1, 0.15) is 17.5 Å². The second-order valence-corrected chi connectivity index (χ2v) is 7.51. The van der Waals surface area contributed by atoms with E-state index in [0.717, 1.165) is 21.9 Å². The second-order valence-electron chi connectivity index (χ2n) is 7.51. The lowest BCUT2D eigenvalue weighted by Crippen LogP contribution is -2.45. The molecule has 30 heavy (non-hydrogen) atoms. The standard InChI is InChI=1S/C24H23N3O3/c28-22(13-19-11-6-10-18-9-4-5-12-21(18)19)25-26-24(30)20-14-23(29)27(16-20)15-17-7-2-1-3-8-17/h1-12,20H,13-16H2,(H,25,28)(H,26,30). The number of hydrogen-bond donors (Lipinski definition) is 2. The topological polar surface area (TPSA) is 78.5 Å². The highest BCUT2D eigenvalue weighted by atomic mass is 16.2. The number of hydrazine groups is 1. The van der Waals surface area contributed by atoms with Crippen LogP contribution in [0, 0.1) is 5.92 Å². The van der Waals surface area contributed by atoms with Crippen molar-refractivity contribution in [1.82, 2.24) is 15.8 Å². The molecule has 0 bridgehead atoms. The van der Waals surface area contributed by atoms with Crippen LogP contribution in [-0.2, 0) is 27.3 Å². The molecule has 0 saturated carbocycles. The van der Waals surface area contributed by atoms with Gasteiger partial charge in [-0.25, -0.2) is 0 Å². The van der Waals surface area contributed by atoms with Gasteiger partial charge in [-0.2, -0.15) is 0 Å². The van der Waals surface area contributed by atoms with Crippen LogP contribution in [0.3, 0.4) is 0 Å². The van der Waals surface area contributed by atoms with Gasteiger partial charge in [0.1, 0.15) is 0 Å². The van der Waals surface area contributed by atoms with Gasteiger partial charge < -0.3 is 4.90 Å². The molecule has 1 aliphatic heterocycles. The minimum atomic E-state index is -0.473. The maximum Gasteiger partial charge on any atom is 0.243 e. The maximum absolute atomic E-state index is 12.5. The summed E-state index contributed by atoms with van der Waals surface area (Å²) in [5.41, 5.74) is 6.88. The molecule has 3 aromatic rings. The van der Waals surface area contributed by atoms with E-state index in [1.54, 1.807) is 4.90 Å². The summed E-state index contributed by atoms with van der Waals surface area (Å²) in [4.78, 5) is 38.7. The largest absolute Gasteiger partial charge is 0.338 e. The highest BCUT2D eigenvalue weighted by Gasteiger charge is 2.34. The highest BCUT2D eigenvalue weighted by molar-refractivity contribution is 5.92. The van der Waals surface area contributed by atoms with Crippen LogP contribution in [0.15, 0.2) is 72.8 Å². The number of likely N-dealkylation sites (tertiary alicyclic amines) is 1. The van der Waals surface area contributed by atoms with Gasteiger partial charge in [-0.1, -0.05) is 72.8 Å². The van der Waals surface area contributed by atoms with E-state index in [2.05, 4.69) is 10.9 Å². The number of fused-ring (bicyclic) bond motifs is 1. The smallest absolute Gasteiger partial charge is 0.243 e. The van der Waals surface area contributed by atoms with Crippen LogP contribution in [0.25, 0.3) is 10.8 Å². The number of amides is 3. The molecular weight excluding hydrogens is 378 g/mol. The molecule has 6 heteroatoms. The van der Waals surface area contributed by atoms with Crippen molar-refractivity contribution in [3.63, 3.8) is 0 Å². The quantitative estimate of drug-likeness (QED) is 0.645. The van der Waals surface area contributed by atoms with Crippen LogP contribution in [0.5, 0.6) is 0 Å². The van der Waals surface area contributed by atoms with Crippen LogP contribution in [-0.4, -0.2) is 29.2 Å². The average molecular weight is 401 g/mol. The van der Waals surface area contributed by atoms with E-state index in [4.69, 9.17) is 0 Å². The zero-order valence-electron chi connectivity index (χ0n) is 16.5. The Balaban J connectivity index is 1.30. The predicted octanol–water partition coefficient (Wildman–Crippen LogP) is 2.58. The first kappa shape index (κ1) is 19.6. The van der Waals surface area contributed by atoms with Crippen LogP contribution < -0.4 is 10.9 Å². The van der Waals surface area contributed by atoms with E-state index in [9.17, 15) is 14.4 Å². The first-order valence-electron chi connectivity index (χ1n) is 9.97. The van der Waals surface area contributed by atoms with Crippen molar-refractivity contribution in [3.8, 4) is 0 Å². The summed E-state index contributed by atoms with van der Waals surface area (Å²) in [5.74, 6) is -1.17. The molecule has 1 atom stereocenters. The minimum Gasteiger partial charge on any atom is -0.338 e. The third kappa shape index (κ3) is 4.49. The Labute approximate surface area is 174 Å². The normalized spacial score (nSPS) is 15.9. The third-order valence-corrected chi connectivity index (χ3v) is 5.36. The first-order valence-corrected chi connectivity index (χ1v) is 9.97. The van der Waals surface area contributed by atoms with Crippen molar-refractivity contribution < 1.29 is 14.4 Å². The molecule has 2 N–H and O–H groups in total. The Hall–Kier alpha value is -3.67. The van der Waals surface area contributed by atoms with Gasteiger partial charge in [0.2, 0.25) is 17.7 Å². The molecule has 1 aliphatic rings. The van der Waals surface area contributed by atoms with Gasteiger partial charge >= 0.3 is 0 Å². The van der Waals surface area contributed by atoms with Crippen molar-refractivity contribution in [2.45, 2.75) is 19.4 Å². The molecule has 1 saturated heterocycles. The fourth-order valence-corrected chi connectivity index (χ4v) is 3.80. The summed E-state index contributed by atoms with van der Waals surface area (Å²) < 4.78 is 0. The number of carbonyl (C=O) groups is 3. The summed E-state index contributed by atoms with van der Waals surface area (Å²) in [6.45, 7) is 0.829. The van der Waals surface area contributed by atoms with Gasteiger partial charge in [0.05, 0.1) is 12.3 Å². The molecule has 1 fully saturated rings. The van der Waals surface area contributed by atoms with E-state index >= 15 is 0 Å². The van der Waals surface area contributed by atoms with Crippen molar-refractivity contribution in [2.75, 3.05) is 6.54 Å². The molecule has 1 unspecified atom stereocenters. The molecule has 1 heterocycles. The number of nitrogens with one attached hydrogen (secondary N) is 2. The Morgan fingerprint density at radius 1 is 0.900 bits per heavy atom. The lowest BCUT2D eigenvalue weighted by molar-refractivity contribution is -0.131.